The molecule has 1 saturated heterocycles. The second-order valence-electron chi connectivity index (χ2n) is 6.28. The molecule has 1 saturated carbocycles. The third-order valence-electron chi connectivity index (χ3n) is 4.56. The topological polar surface area (TPSA) is 37.4 Å². The van der Waals surface area contributed by atoms with E-state index in [1.165, 1.54) is 18.4 Å². The zero-order chi connectivity index (χ0) is 14.8. The molecule has 0 amide bonds. The largest absolute Gasteiger partial charge is 0.379 e. The van der Waals surface area contributed by atoms with Gasteiger partial charge >= 0.3 is 0 Å². The predicted molar refractivity (Wildman–Crippen MR) is 88.6 cm³/mol. The second-order valence-corrected chi connectivity index (χ2v) is 7.19. The van der Waals surface area contributed by atoms with E-state index in [1.54, 1.807) is 0 Å². The molecule has 1 aliphatic carbocycles. The number of hydrogen-bond acceptors (Lipinski definition) is 4. The highest BCUT2D eigenvalue weighted by Crippen LogP contribution is 2.28. The summed E-state index contributed by atoms with van der Waals surface area (Å²) in [6.45, 7) is 5.17. The van der Waals surface area contributed by atoms with Crippen molar-refractivity contribution in [1.82, 2.24) is 10.3 Å². The van der Waals surface area contributed by atoms with E-state index in [2.05, 4.69) is 44.1 Å². The van der Waals surface area contributed by atoms with E-state index in [9.17, 15) is 0 Å². The summed E-state index contributed by atoms with van der Waals surface area (Å²) in [7, 11) is 1.81. The monoisotopic (exact) mass is 353 g/mol. The summed E-state index contributed by atoms with van der Waals surface area (Å²) in [6.07, 6.45) is 5.98. The summed E-state index contributed by atoms with van der Waals surface area (Å²) in [6, 6.07) is 2.90. The fraction of sp³-hybridized carbons (Fsp3) is 0.688. The molecule has 2 fully saturated rings. The van der Waals surface area contributed by atoms with Gasteiger partial charge in [-0.05, 0) is 47.2 Å². The molecular formula is C16H24BrN3O. The molecule has 116 valence electrons. The van der Waals surface area contributed by atoms with Gasteiger partial charge in [0, 0.05) is 49.0 Å². The number of nitrogens with zero attached hydrogens (tertiary/aromatic N) is 2. The van der Waals surface area contributed by atoms with Gasteiger partial charge in [-0.25, -0.2) is 4.98 Å². The Bertz CT molecular complexity index is 492. The number of methoxy groups -OCH3 is 1. The molecule has 4 nitrogen and oxygen atoms in total. The lowest BCUT2D eigenvalue weighted by Gasteiger charge is -2.37. The van der Waals surface area contributed by atoms with Gasteiger partial charge in [-0.15, -0.1) is 0 Å². The van der Waals surface area contributed by atoms with Crippen molar-refractivity contribution in [3.05, 3.63) is 22.3 Å². The van der Waals surface area contributed by atoms with E-state index in [1.807, 2.05) is 13.3 Å². The van der Waals surface area contributed by atoms with Gasteiger partial charge < -0.3 is 15.0 Å². The number of anilines is 1. The number of halogens is 1. The number of aromatic nitrogens is 1. The summed E-state index contributed by atoms with van der Waals surface area (Å²) in [5.41, 5.74) is 1.28. The van der Waals surface area contributed by atoms with Crippen molar-refractivity contribution in [3.63, 3.8) is 0 Å². The van der Waals surface area contributed by atoms with E-state index in [-0.39, 0.29) is 0 Å². The first-order valence-electron chi connectivity index (χ1n) is 7.83. The Labute approximate surface area is 135 Å². The van der Waals surface area contributed by atoms with Crippen molar-refractivity contribution in [2.75, 3.05) is 25.1 Å². The summed E-state index contributed by atoms with van der Waals surface area (Å²) in [4.78, 5) is 7.06. The summed E-state index contributed by atoms with van der Waals surface area (Å²) >= 11 is 3.54. The Morgan fingerprint density at radius 2 is 2.24 bits per heavy atom. The number of pyridine rings is 1. The van der Waals surface area contributed by atoms with Crippen LogP contribution in [0.1, 0.15) is 31.7 Å². The van der Waals surface area contributed by atoms with Gasteiger partial charge in [-0.3, -0.25) is 0 Å². The molecule has 0 aromatic carbocycles. The lowest BCUT2D eigenvalue weighted by atomic mass is 9.95. The van der Waals surface area contributed by atoms with Crippen molar-refractivity contribution in [2.45, 2.75) is 44.9 Å². The first-order valence-corrected chi connectivity index (χ1v) is 8.62. The molecule has 1 aromatic heterocycles. The van der Waals surface area contributed by atoms with Crippen LogP contribution in [-0.2, 0) is 11.3 Å². The Hall–Kier alpha value is -0.650. The van der Waals surface area contributed by atoms with Gasteiger partial charge in [0.2, 0.25) is 0 Å². The summed E-state index contributed by atoms with van der Waals surface area (Å²) in [5, 5.41) is 3.59. The molecule has 2 unspecified atom stereocenters. The van der Waals surface area contributed by atoms with Gasteiger partial charge in [0.05, 0.1) is 6.10 Å². The molecule has 1 N–H and O–H groups in total. The number of rotatable bonds is 5. The lowest BCUT2D eigenvalue weighted by molar-refractivity contribution is 0.0496. The molecular weight excluding hydrogens is 330 g/mol. The molecule has 2 heterocycles. The van der Waals surface area contributed by atoms with E-state index >= 15 is 0 Å². The van der Waals surface area contributed by atoms with Crippen LogP contribution in [0.4, 0.5) is 5.82 Å². The zero-order valence-corrected chi connectivity index (χ0v) is 14.4. The predicted octanol–water partition coefficient (Wildman–Crippen LogP) is 2.96. The van der Waals surface area contributed by atoms with E-state index in [0.29, 0.717) is 18.1 Å². The van der Waals surface area contributed by atoms with Crippen LogP contribution < -0.4 is 10.2 Å². The standard InChI is InChI=1S/C16H24BrN3O/c1-11-5-6-20(10-15(11)21-2)16-12(7-13(17)9-19-16)8-18-14-3-4-14/h7,9,11,14-15,18H,3-6,8,10H2,1-2H3. The minimum absolute atomic E-state index is 0.299. The quantitative estimate of drug-likeness (QED) is 0.882. The average Bonchev–Trinajstić information content (AvgIpc) is 3.30. The van der Waals surface area contributed by atoms with Gasteiger partial charge in [0.15, 0.2) is 0 Å². The third kappa shape index (κ3) is 3.76. The molecule has 0 radical (unpaired) electrons. The zero-order valence-electron chi connectivity index (χ0n) is 12.8. The smallest absolute Gasteiger partial charge is 0.133 e. The normalized spacial score (nSPS) is 26.1. The molecule has 0 bridgehead atoms. The number of hydrogen-bond donors (Lipinski definition) is 1. The molecule has 1 aliphatic heterocycles. The highest BCUT2D eigenvalue weighted by atomic mass is 79.9. The van der Waals surface area contributed by atoms with E-state index < -0.39 is 0 Å². The van der Waals surface area contributed by atoms with Crippen LogP contribution in [0.25, 0.3) is 0 Å². The lowest BCUT2D eigenvalue weighted by Crippen LogP contribution is -2.44. The number of ether oxygens (including phenoxy) is 1. The molecule has 5 heteroatoms. The van der Waals surface area contributed by atoms with Crippen molar-refractivity contribution in [3.8, 4) is 0 Å². The van der Waals surface area contributed by atoms with Crippen LogP contribution >= 0.6 is 15.9 Å². The van der Waals surface area contributed by atoms with E-state index in [4.69, 9.17) is 4.74 Å². The van der Waals surface area contributed by atoms with Crippen molar-refractivity contribution in [1.29, 1.82) is 0 Å². The fourth-order valence-corrected chi connectivity index (χ4v) is 3.34. The Morgan fingerprint density at radius 3 is 2.95 bits per heavy atom. The maximum atomic E-state index is 5.63. The Kier molecular flexibility index (Phi) is 4.82. The third-order valence-corrected chi connectivity index (χ3v) is 4.99. The molecule has 3 rings (SSSR count). The number of piperidine rings is 1. The summed E-state index contributed by atoms with van der Waals surface area (Å²) < 4.78 is 6.68. The minimum atomic E-state index is 0.299. The van der Waals surface area contributed by atoms with Crippen LogP contribution in [0, 0.1) is 5.92 Å². The highest BCUT2D eigenvalue weighted by molar-refractivity contribution is 9.10. The van der Waals surface area contributed by atoms with Crippen LogP contribution in [0.5, 0.6) is 0 Å². The average molecular weight is 354 g/mol. The van der Waals surface area contributed by atoms with Gasteiger partial charge in [0.1, 0.15) is 5.82 Å². The van der Waals surface area contributed by atoms with Gasteiger partial charge in [-0.1, -0.05) is 6.92 Å². The Morgan fingerprint density at radius 1 is 1.43 bits per heavy atom. The Balaban J connectivity index is 1.76. The molecule has 2 aliphatic rings. The molecule has 21 heavy (non-hydrogen) atoms. The van der Waals surface area contributed by atoms with E-state index in [0.717, 1.165) is 36.3 Å². The fourth-order valence-electron chi connectivity index (χ4n) is 2.96. The van der Waals surface area contributed by atoms with Gasteiger partial charge in [0.25, 0.3) is 0 Å². The van der Waals surface area contributed by atoms with Crippen molar-refractivity contribution >= 4 is 21.7 Å². The van der Waals surface area contributed by atoms with Crippen molar-refractivity contribution in [2.24, 2.45) is 5.92 Å². The van der Waals surface area contributed by atoms with Crippen LogP contribution in [0.15, 0.2) is 16.7 Å². The first kappa shape index (κ1) is 15.3. The maximum Gasteiger partial charge on any atom is 0.133 e. The minimum Gasteiger partial charge on any atom is -0.379 e. The number of nitrogens with one attached hydrogen (secondary N) is 1. The molecule has 1 aromatic rings. The first-order chi connectivity index (χ1) is 10.2. The second kappa shape index (κ2) is 6.63. The van der Waals surface area contributed by atoms with Crippen LogP contribution in [0.2, 0.25) is 0 Å². The SMILES string of the molecule is COC1CN(c2ncc(Br)cc2CNC2CC2)CCC1C. The van der Waals surface area contributed by atoms with Crippen LogP contribution in [0.3, 0.4) is 0 Å². The molecule has 2 atom stereocenters. The maximum absolute atomic E-state index is 5.63. The highest BCUT2D eigenvalue weighted by Gasteiger charge is 2.28. The molecule has 0 spiro atoms. The van der Waals surface area contributed by atoms with Crippen molar-refractivity contribution < 1.29 is 4.74 Å². The summed E-state index contributed by atoms with van der Waals surface area (Å²) in [5.74, 6) is 1.73. The van der Waals surface area contributed by atoms with Gasteiger partial charge in [-0.2, -0.15) is 0 Å². The van der Waals surface area contributed by atoms with Crippen LogP contribution in [-0.4, -0.2) is 37.3 Å².